The molecule has 0 spiro atoms. The Kier molecular flexibility index (Phi) is 3.43. The number of carbonyl (C=O) groups is 1. The van der Waals surface area contributed by atoms with E-state index < -0.39 is 5.41 Å². The molecule has 0 heterocycles. The Morgan fingerprint density at radius 3 is 2.29 bits per heavy atom. The lowest BCUT2D eigenvalue weighted by atomic mass is 9.85. The molecular weight excluding hydrogens is 232 g/mol. The molecule has 0 atom stereocenters. The molecule has 2 saturated carbocycles. The molecule has 3 nitrogen and oxygen atoms in total. The highest BCUT2D eigenvalue weighted by molar-refractivity contribution is 7.80. The molecule has 2 fully saturated rings. The predicted molar refractivity (Wildman–Crippen MR) is 72.7 cm³/mol. The van der Waals surface area contributed by atoms with Gasteiger partial charge in [0.15, 0.2) is 0 Å². The van der Waals surface area contributed by atoms with E-state index >= 15 is 0 Å². The van der Waals surface area contributed by atoms with Gasteiger partial charge in [-0.25, -0.2) is 0 Å². The summed E-state index contributed by atoms with van der Waals surface area (Å²) < 4.78 is 0. The molecule has 0 aromatic heterocycles. The Labute approximate surface area is 109 Å². The predicted octanol–water partition coefficient (Wildman–Crippen LogP) is 2.14. The Morgan fingerprint density at radius 1 is 1.29 bits per heavy atom. The van der Waals surface area contributed by atoms with Crippen molar-refractivity contribution in [2.45, 2.75) is 51.9 Å². The van der Waals surface area contributed by atoms with Crippen LogP contribution in [0.1, 0.15) is 51.9 Å². The van der Waals surface area contributed by atoms with Crippen molar-refractivity contribution in [1.29, 1.82) is 0 Å². The number of carbonyl (C=O) groups excluding carboxylic acids is 1. The first-order valence-corrected chi connectivity index (χ1v) is 7.04. The Bertz CT molecular complexity index is 330. The molecular formula is C13H22N2OS. The molecule has 17 heavy (non-hydrogen) atoms. The molecule has 0 bridgehead atoms. The number of rotatable bonds is 5. The molecule has 0 saturated heterocycles. The first-order valence-electron chi connectivity index (χ1n) is 6.63. The SMILES string of the molecule is CCC1(CNC(=O)C2(C(N)=S)CCCC2)CC1. The van der Waals surface area contributed by atoms with Crippen molar-refractivity contribution in [2.24, 2.45) is 16.6 Å². The first kappa shape index (κ1) is 12.8. The number of amides is 1. The van der Waals surface area contributed by atoms with Crippen molar-refractivity contribution in [2.75, 3.05) is 6.54 Å². The van der Waals surface area contributed by atoms with E-state index in [1.807, 2.05) is 0 Å². The first-order chi connectivity index (χ1) is 8.05. The molecule has 0 unspecified atom stereocenters. The summed E-state index contributed by atoms with van der Waals surface area (Å²) in [5.41, 5.74) is 5.63. The molecule has 2 aliphatic carbocycles. The molecule has 3 N–H and O–H groups in total. The fourth-order valence-corrected chi connectivity index (χ4v) is 3.13. The largest absolute Gasteiger partial charge is 0.392 e. The summed E-state index contributed by atoms with van der Waals surface area (Å²) in [6.07, 6.45) is 7.40. The van der Waals surface area contributed by atoms with E-state index in [2.05, 4.69) is 12.2 Å². The Balaban J connectivity index is 1.96. The van der Waals surface area contributed by atoms with Crippen molar-refractivity contribution in [1.82, 2.24) is 5.32 Å². The molecule has 0 aromatic carbocycles. The van der Waals surface area contributed by atoms with Crippen molar-refractivity contribution < 1.29 is 4.79 Å². The highest BCUT2D eigenvalue weighted by Gasteiger charge is 2.46. The highest BCUT2D eigenvalue weighted by atomic mass is 32.1. The van der Waals surface area contributed by atoms with Crippen LogP contribution in [-0.4, -0.2) is 17.4 Å². The molecule has 0 aliphatic heterocycles. The maximum atomic E-state index is 12.3. The molecule has 0 aromatic rings. The average Bonchev–Trinajstić information content (AvgIpc) is 2.92. The zero-order valence-corrected chi connectivity index (χ0v) is 11.4. The lowest BCUT2D eigenvalue weighted by Gasteiger charge is -2.27. The van der Waals surface area contributed by atoms with Crippen LogP contribution in [0.5, 0.6) is 0 Å². The Morgan fingerprint density at radius 2 is 1.88 bits per heavy atom. The van der Waals surface area contributed by atoms with Crippen LogP contribution in [0.15, 0.2) is 0 Å². The summed E-state index contributed by atoms with van der Waals surface area (Å²) in [5.74, 6) is 0.0715. The van der Waals surface area contributed by atoms with Gasteiger partial charge in [0.25, 0.3) is 0 Å². The van der Waals surface area contributed by atoms with Crippen LogP contribution in [0, 0.1) is 10.8 Å². The summed E-state index contributed by atoms with van der Waals surface area (Å²) in [7, 11) is 0. The summed E-state index contributed by atoms with van der Waals surface area (Å²) >= 11 is 5.11. The standard InChI is InChI=1S/C13H22N2OS/c1-2-12(7-8-12)9-15-11(16)13(10(14)17)5-3-4-6-13/h2-9H2,1H3,(H2,14,17)(H,15,16). The van der Waals surface area contributed by atoms with Gasteiger partial charge < -0.3 is 11.1 Å². The van der Waals surface area contributed by atoms with Crippen molar-refractivity contribution in [3.05, 3.63) is 0 Å². The fraction of sp³-hybridized carbons (Fsp3) is 0.846. The Hall–Kier alpha value is -0.640. The quantitative estimate of drug-likeness (QED) is 0.739. The van der Waals surface area contributed by atoms with Gasteiger partial charge >= 0.3 is 0 Å². The number of hydrogen-bond acceptors (Lipinski definition) is 2. The zero-order chi connectivity index (χ0) is 12.5. The fourth-order valence-electron chi connectivity index (χ4n) is 2.83. The van der Waals surface area contributed by atoms with Gasteiger partial charge in [-0.15, -0.1) is 0 Å². The summed E-state index contributed by atoms with van der Waals surface area (Å²) in [5, 5.41) is 3.09. The van der Waals surface area contributed by atoms with Crippen LogP contribution in [0.2, 0.25) is 0 Å². The molecule has 2 rings (SSSR count). The van der Waals surface area contributed by atoms with E-state index in [9.17, 15) is 4.79 Å². The average molecular weight is 254 g/mol. The van der Waals surface area contributed by atoms with Crippen LogP contribution >= 0.6 is 12.2 Å². The number of hydrogen-bond donors (Lipinski definition) is 2. The second-order valence-corrected chi connectivity index (χ2v) is 6.13. The van der Waals surface area contributed by atoms with Gasteiger partial charge in [0.1, 0.15) is 0 Å². The maximum absolute atomic E-state index is 12.3. The monoisotopic (exact) mass is 254 g/mol. The summed E-state index contributed by atoms with van der Waals surface area (Å²) in [4.78, 5) is 12.7. The van der Waals surface area contributed by atoms with Crippen LogP contribution in [0.25, 0.3) is 0 Å². The summed E-state index contributed by atoms with van der Waals surface area (Å²) in [6.45, 7) is 2.99. The minimum atomic E-state index is -0.543. The third-order valence-electron chi connectivity index (χ3n) is 4.69. The normalized spacial score (nSPS) is 24.3. The van der Waals surface area contributed by atoms with Gasteiger partial charge in [-0.2, -0.15) is 0 Å². The van der Waals surface area contributed by atoms with Crippen LogP contribution < -0.4 is 11.1 Å². The topological polar surface area (TPSA) is 55.1 Å². The van der Waals surface area contributed by atoms with Crippen LogP contribution in [0.3, 0.4) is 0 Å². The van der Waals surface area contributed by atoms with E-state index in [0.29, 0.717) is 10.4 Å². The second kappa shape index (κ2) is 4.56. The molecule has 1 amide bonds. The van der Waals surface area contributed by atoms with Gasteiger partial charge in [0.2, 0.25) is 5.91 Å². The molecule has 4 heteroatoms. The van der Waals surface area contributed by atoms with E-state index in [1.54, 1.807) is 0 Å². The van der Waals surface area contributed by atoms with Gasteiger partial charge in [-0.05, 0) is 37.5 Å². The van der Waals surface area contributed by atoms with Gasteiger partial charge in [0, 0.05) is 6.54 Å². The van der Waals surface area contributed by atoms with E-state index in [1.165, 1.54) is 12.8 Å². The summed E-state index contributed by atoms with van der Waals surface area (Å²) in [6, 6.07) is 0. The lowest BCUT2D eigenvalue weighted by molar-refractivity contribution is -0.127. The third kappa shape index (κ3) is 2.32. The van der Waals surface area contributed by atoms with Gasteiger partial charge in [0.05, 0.1) is 10.4 Å². The highest BCUT2D eigenvalue weighted by Crippen LogP contribution is 2.48. The maximum Gasteiger partial charge on any atom is 0.233 e. The van der Waals surface area contributed by atoms with Gasteiger partial charge in [-0.3, -0.25) is 4.79 Å². The smallest absolute Gasteiger partial charge is 0.233 e. The molecule has 2 aliphatic rings. The van der Waals surface area contributed by atoms with Crippen LogP contribution in [-0.2, 0) is 4.79 Å². The van der Waals surface area contributed by atoms with Crippen molar-refractivity contribution in [3.63, 3.8) is 0 Å². The van der Waals surface area contributed by atoms with Crippen molar-refractivity contribution >= 4 is 23.1 Å². The van der Waals surface area contributed by atoms with E-state index in [-0.39, 0.29) is 5.91 Å². The number of nitrogens with two attached hydrogens (primary N) is 1. The zero-order valence-electron chi connectivity index (χ0n) is 10.6. The lowest BCUT2D eigenvalue weighted by Crippen LogP contribution is -2.48. The van der Waals surface area contributed by atoms with Crippen LogP contribution in [0.4, 0.5) is 0 Å². The third-order valence-corrected chi connectivity index (χ3v) is 5.09. The van der Waals surface area contributed by atoms with Gasteiger partial charge in [-0.1, -0.05) is 32.0 Å². The minimum Gasteiger partial charge on any atom is -0.392 e. The van der Waals surface area contributed by atoms with E-state index in [0.717, 1.165) is 38.6 Å². The minimum absolute atomic E-state index is 0.0715. The van der Waals surface area contributed by atoms with E-state index in [4.69, 9.17) is 18.0 Å². The molecule has 0 radical (unpaired) electrons. The molecule has 96 valence electrons. The number of thiocarbonyl (C=S) groups is 1. The number of nitrogens with one attached hydrogen (secondary N) is 1. The second-order valence-electron chi connectivity index (χ2n) is 5.69. The van der Waals surface area contributed by atoms with Crippen molar-refractivity contribution in [3.8, 4) is 0 Å².